The second-order valence-electron chi connectivity index (χ2n) is 23.4. The summed E-state index contributed by atoms with van der Waals surface area (Å²) in [5.41, 5.74) is 41.2. The van der Waals surface area contributed by atoms with Gasteiger partial charge < -0.3 is 33.4 Å². The highest BCUT2D eigenvalue weighted by Gasteiger charge is 2.23. The largest absolute Gasteiger partial charge is 0.381 e. The molecule has 1 unspecified atom stereocenters. The molecule has 16 nitrogen and oxygen atoms in total. The van der Waals surface area contributed by atoms with Gasteiger partial charge in [-0.15, -0.1) is 0 Å². The molecule has 97 heavy (non-hydrogen) atoms. The van der Waals surface area contributed by atoms with Crippen LogP contribution in [-0.2, 0) is 36.8 Å². The van der Waals surface area contributed by atoms with Gasteiger partial charge in [-0.2, -0.15) is 0 Å². The third kappa shape index (κ3) is 21.2. The van der Waals surface area contributed by atoms with Crippen LogP contribution in [0.1, 0.15) is 100 Å². The first-order valence-electron chi connectivity index (χ1n) is 31.6. The van der Waals surface area contributed by atoms with Gasteiger partial charge in [0.15, 0.2) is 0 Å². The summed E-state index contributed by atoms with van der Waals surface area (Å²) in [6.07, 6.45) is 15.5. The number of nitrogen functional groups attached to an aromatic ring is 5. The number of halogens is 10. The van der Waals surface area contributed by atoms with Crippen molar-refractivity contribution in [3.63, 3.8) is 0 Å². The van der Waals surface area contributed by atoms with Gasteiger partial charge in [0.2, 0.25) is 29.7 Å². The third-order valence-corrected chi connectivity index (χ3v) is 20.2. The summed E-state index contributed by atoms with van der Waals surface area (Å²) in [5, 5.41) is 5.02. The molecule has 2 saturated carbocycles. The molecule has 506 valence electrons. The van der Waals surface area contributed by atoms with Gasteiger partial charge in [-0.1, -0.05) is 236 Å². The lowest BCUT2D eigenvalue weighted by molar-refractivity contribution is 0.185. The van der Waals surface area contributed by atoms with Crippen LogP contribution in [0.25, 0.3) is 56.3 Å². The van der Waals surface area contributed by atoms with Crippen molar-refractivity contribution in [2.45, 2.75) is 104 Å². The molecule has 1 atom stereocenters. The van der Waals surface area contributed by atoms with E-state index in [0.29, 0.717) is 73.5 Å². The highest BCUT2D eigenvalue weighted by atomic mass is 35.5. The number of rotatable bonds is 14. The number of ether oxygens (including phenoxy) is 1. The van der Waals surface area contributed by atoms with Crippen LogP contribution in [-0.4, -0.2) is 63.1 Å². The lowest BCUT2D eigenvalue weighted by atomic mass is 9.82. The highest BCUT2D eigenvalue weighted by molar-refractivity contribution is 6.45. The van der Waals surface area contributed by atoms with E-state index < -0.39 is 0 Å². The lowest BCUT2D eigenvalue weighted by Gasteiger charge is -2.24. The molecular weight excluding hydrogens is 1430 g/mol. The molecule has 1 aliphatic heterocycles. The SMILES string of the molecule is CCCc1cc(-c2cccc(Cl)c2Cl)nc(N)n1.CCc1cc(-c2ccc(Cl)c(Cl)c2)nc(N)n1.Nc1nc(CC2CCC2)cc(-c2cccc(Cl)c2Cl)n1.Nc1nc(CC2CCCC2)cc(-c2cccc(Cl)c2Cl)n1.Nc1nc(CC2CCOC2)cc(-c2cccc(Cl)c2Cl)n1. The topological polar surface area (TPSA) is 268 Å². The molecule has 3 aliphatic rings. The molecule has 5 aromatic heterocycles. The molecular formula is C71H71Cl10N15O. The molecule has 10 N–H and O–H groups in total. The van der Waals surface area contributed by atoms with E-state index in [-0.39, 0.29) is 29.7 Å². The highest BCUT2D eigenvalue weighted by Crippen LogP contribution is 2.39. The maximum atomic E-state index is 6.27. The molecule has 10 aromatic rings. The van der Waals surface area contributed by atoms with Gasteiger partial charge in [0, 0.05) is 69.5 Å². The van der Waals surface area contributed by atoms with Gasteiger partial charge in [0.05, 0.1) is 78.7 Å². The number of anilines is 5. The first kappa shape index (κ1) is 74.6. The zero-order chi connectivity index (χ0) is 69.3. The quantitative estimate of drug-likeness (QED) is 0.0677. The molecule has 5 aromatic carbocycles. The van der Waals surface area contributed by atoms with E-state index in [1.165, 1.54) is 44.9 Å². The van der Waals surface area contributed by atoms with Crippen LogP contribution >= 0.6 is 116 Å². The van der Waals surface area contributed by atoms with Gasteiger partial charge in [-0.25, -0.2) is 49.8 Å². The molecule has 0 amide bonds. The van der Waals surface area contributed by atoms with Crippen molar-refractivity contribution >= 4 is 146 Å². The fraction of sp³-hybridized carbons (Fsp3) is 0.296. The van der Waals surface area contributed by atoms with E-state index in [2.05, 4.69) is 56.8 Å². The Hall–Kier alpha value is -6.64. The lowest BCUT2D eigenvalue weighted by Crippen LogP contribution is -2.15. The van der Waals surface area contributed by atoms with E-state index in [4.69, 9.17) is 149 Å². The van der Waals surface area contributed by atoms with Crippen LogP contribution in [0.15, 0.2) is 121 Å². The first-order valence-corrected chi connectivity index (χ1v) is 35.4. The number of nitrogens with zero attached hydrogens (tertiary/aromatic N) is 10. The Labute approximate surface area is 615 Å². The predicted octanol–water partition coefficient (Wildman–Crippen LogP) is 20.3. The average Bonchev–Trinajstić information content (AvgIpc) is 1.21. The van der Waals surface area contributed by atoms with E-state index in [1.807, 2.05) is 91.9 Å². The van der Waals surface area contributed by atoms with Crippen molar-refractivity contribution < 1.29 is 4.74 Å². The number of benzene rings is 5. The Morgan fingerprint density at radius 3 is 1.05 bits per heavy atom. The van der Waals surface area contributed by atoms with Crippen LogP contribution in [0.4, 0.5) is 29.7 Å². The second kappa shape index (κ2) is 35.9. The fourth-order valence-corrected chi connectivity index (χ4v) is 13.1. The molecule has 6 heterocycles. The van der Waals surface area contributed by atoms with Crippen molar-refractivity contribution in [2.75, 3.05) is 41.9 Å². The van der Waals surface area contributed by atoms with Gasteiger partial charge in [-0.05, 0) is 123 Å². The van der Waals surface area contributed by atoms with E-state index >= 15 is 0 Å². The minimum Gasteiger partial charge on any atom is -0.381 e. The smallest absolute Gasteiger partial charge is 0.220 e. The Morgan fingerprint density at radius 1 is 0.351 bits per heavy atom. The van der Waals surface area contributed by atoms with Crippen molar-refractivity contribution in [2.24, 2.45) is 17.8 Å². The molecule has 26 heteroatoms. The Kier molecular flexibility index (Phi) is 27.6. The molecule has 3 fully saturated rings. The second-order valence-corrected chi connectivity index (χ2v) is 27.4. The fourth-order valence-electron chi connectivity index (χ4n) is 11.2. The van der Waals surface area contributed by atoms with Crippen LogP contribution in [0.3, 0.4) is 0 Å². The van der Waals surface area contributed by atoms with E-state index in [9.17, 15) is 0 Å². The zero-order valence-electron chi connectivity index (χ0n) is 53.1. The standard InChI is InChI=1S/C16H17Cl2N3.C15H15Cl2N3O.C15H15Cl2N3.C13H13Cl2N3.C12H11Cl2N3/c17-13-7-3-6-12(15(13)18)14-9-11(20-16(19)21-14)8-10-4-1-2-5-10;16-12-3-1-2-11(14(12)17)13-7-10(19-15(18)20-13)6-9-4-5-21-8-9;16-12-6-2-5-11(14(12)17)13-8-10(19-15(18)20-13)7-9-3-1-4-9;1-2-4-8-7-11(18-13(16)17-8)9-5-3-6-10(14)12(9)15;1-2-8-6-11(17-12(15)16-8)7-3-4-9(13)10(14)5-7/h3,6-7,9-10H,1-2,4-5,8H2,(H2,19,20,21);1-3,7,9H,4-6,8H2,(H2,18,19,20);2,5-6,8-9H,1,3-4,7H2,(H2,18,19,20);3,5-7H,2,4H2,1H3,(H2,16,17,18);3-6H,2H2,1H3,(H2,15,16,17). The van der Waals surface area contributed by atoms with Crippen molar-refractivity contribution in [1.29, 1.82) is 0 Å². The third-order valence-electron chi connectivity index (χ3n) is 16.2. The van der Waals surface area contributed by atoms with Gasteiger partial charge in [0.25, 0.3) is 0 Å². The van der Waals surface area contributed by atoms with E-state index in [0.717, 1.165) is 137 Å². The first-order chi connectivity index (χ1) is 46.6. The monoisotopic (exact) mass is 1500 g/mol. The molecule has 2 aliphatic carbocycles. The Balaban J connectivity index is 0.000000142. The summed E-state index contributed by atoms with van der Waals surface area (Å²) in [6, 6.07) is 37.0. The number of hydrogen-bond donors (Lipinski definition) is 5. The molecule has 0 bridgehead atoms. The zero-order valence-corrected chi connectivity index (χ0v) is 60.7. The summed E-state index contributed by atoms with van der Waals surface area (Å²) < 4.78 is 5.40. The maximum absolute atomic E-state index is 6.27. The van der Waals surface area contributed by atoms with Crippen LogP contribution in [0, 0.1) is 17.8 Å². The number of aryl methyl sites for hydroxylation is 2. The Bertz CT molecular complexity index is 4230. The van der Waals surface area contributed by atoms with Crippen LogP contribution in [0.5, 0.6) is 0 Å². The normalized spacial score (nSPS) is 14.2. The van der Waals surface area contributed by atoms with Crippen molar-refractivity contribution in [1.82, 2.24) is 49.8 Å². The summed E-state index contributed by atoms with van der Waals surface area (Å²) >= 11 is 61.0. The van der Waals surface area contributed by atoms with E-state index in [1.54, 1.807) is 36.4 Å². The summed E-state index contributed by atoms with van der Waals surface area (Å²) in [7, 11) is 0. The summed E-state index contributed by atoms with van der Waals surface area (Å²) in [6.45, 7) is 5.69. The molecule has 13 rings (SSSR count). The predicted molar refractivity (Wildman–Crippen MR) is 402 cm³/mol. The van der Waals surface area contributed by atoms with Crippen LogP contribution in [0.2, 0.25) is 50.2 Å². The van der Waals surface area contributed by atoms with Crippen LogP contribution < -0.4 is 28.7 Å². The molecule has 1 saturated heterocycles. The van der Waals surface area contributed by atoms with Gasteiger partial charge in [0.1, 0.15) is 0 Å². The maximum Gasteiger partial charge on any atom is 0.220 e. The number of aromatic nitrogens is 10. The Morgan fingerprint density at radius 2 is 0.701 bits per heavy atom. The summed E-state index contributed by atoms with van der Waals surface area (Å²) in [4.78, 5) is 42.6. The van der Waals surface area contributed by atoms with Gasteiger partial charge >= 0.3 is 0 Å². The minimum absolute atomic E-state index is 0.248. The average molecular weight is 1500 g/mol. The van der Waals surface area contributed by atoms with Crippen molar-refractivity contribution in [3.05, 3.63) is 200 Å². The number of nitrogens with two attached hydrogens (primary N) is 5. The summed E-state index contributed by atoms with van der Waals surface area (Å²) in [5.74, 6) is 3.27. The minimum atomic E-state index is 0.248. The number of hydrogen-bond acceptors (Lipinski definition) is 16. The van der Waals surface area contributed by atoms with Crippen molar-refractivity contribution in [3.8, 4) is 56.3 Å². The molecule has 0 radical (unpaired) electrons. The molecule has 0 spiro atoms. The van der Waals surface area contributed by atoms with Gasteiger partial charge in [-0.3, -0.25) is 0 Å².